The van der Waals surface area contributed by atoms with Crippen LogP contribution in [0.25, 0.3) is 0 Å². The van der Waals surface area contributed by atoms with E-state index < -0.39 is 0 Å². The Bertz CT molecular complexity index is 325. The largest absolute Gasteiger partial charge is 0.303 e. The Hall–Kier alpha value is -0.840. The third-order valence-corrected chi connectivity index (χ3v) is 3.48. The second-order valence-electron chi connectivity index (χ2n) is 4.11. The highest BCUT2D eigenvalue weighted by Crippen LogP contribution is 2.21. The molecule has 1 saturated carbocycles. The van der Waals surface area contributed by atoms with Crippen molar-refractivity contribution in [1.82, 2.24) is 5.32 Å². The van der Waals surface area contributed by atoms with Crippen molar-refractivity contribution >= 4 is 28.5 Å². The number of amidine groups is 1. The van der Waals surface area contributed by atoms with E-state index in [0.29, 0.717) is 10.9 Å². The summed E-state index contributed by atoms with van der Waals surface area (Å²) in [7, 11) is 0. The number of hydrogen-bond donors (Lipinski definition) is 1. The zero-order valence-corrected chi connectivity index (χ0v) is 9.64. The fourth-order valence-corrected chi connectivity index (χ4v) is 2.47. The lowest BCUT2D eigenvalue weighted by molar-refractivity contribution is -0.116. The Balaban J connectivity index is 1.95. The molecule has 0 aromatic carbocycles. The molecule has 1 N–H and O–H groups in total. The van der Waals surface area contributed by atoms with Crippen molar-refractivity contribution in [2.75, 3.05) is 5.75 Å². The van der Waals surface area contributed by atoms with Gasteiger partial charge < -0.3 is 5.32 Å². The van der Waals surface area contributed by atoms with Crippen LogP contribution in [0.4, 0.5) is 0 Å². The van der Waals surface area contributed by atoms with Crippen LogP contribution in [-0.2, 0) is 4.79 Å². The standard InChI is InChI=1S/C10H15N3OS/c1-7-3-2-4-8(5-7)12-13-10-11-9(14)6-15-10/h7H,2-6H2,1H3,(H,11,13,14)/b12-8+. The van der Waals surface area contributed by atoms with Crippen LogP contribution >= 0.6 is 11.8 Å². The van der Waals surface area contributed by atoms with Crippen molar-refractivity contribution in [2.45, 2.75) is 32.6 Å². The molecule has 0 spiro atoms. The quantitative estimate of drug-likeness (QED) is 0.691. The third kappa shape index (κ3) is 3.06. The summed E-state index contributed by atoms with van der Waals surface area (Å²) >= 11 is 1.42. The minimum Gasteiger partial charge on any atom is -0.303 e. The molecule has 1 saturated heterocycles. The zero-order valence-electron chi connectivity index (χ0n) is 8.82. The monoisotopic (exact) mass is 225 g/mol. The number of carbonyl (C=O) groups excluding carboxylic acids is 1. The molecule has 1 amide bonds. The number of amides is 1. The summed E-state index contributed by atoms with van der Waals surface area (Å²) in [6, 6.07) is 0. The highest BCUT2D eigenvalue weighted by Gasteiger charge is 2.17. The predicted octanol–water partition coefficient (Wildman–Crippen LogP) is 1.77. The van der Waals surface area contributed by atoms with Gasteiger partial charge in [-0.15, -0.1) is 5.10 Å². The molecular formula is C10H15N3OS. The van der Waals surface area contributed by atoms with E-state index in [2.05, 4.69) is 22.4 Å². The Morgan fingerprint density at radius 3 is 3.00 bits per heavy atom. The van der Waals surface area contributed by atoms with Gasteiger partial charge in [0.1, 0.15) is 0 Å². The van der Waals surface area contributed by atoms with Gasteiger partial charge in [0.15, 0.2) is 5.17 Å². The minimum atomic E-state index is 0.0240. The Morgan fingerprint density at radius 2 is 2.33 bits per heavy atom. The van der Waals surface area contributed by atoms with Gasteiger partial charge in [0.05, 0.1) is 5.75 Å². The molecule has 4 nitrogen and oxygen atoms in total. The summed E-state index contributed by atoms with van der Waals surface area (Å²) in [4.78, 5) is 10.9. The maximum absolute atomic E-state index is 10.9. The van der Waals surface area contributed by atoms with E-state index in [1.807, 2.05) is 0 Å². The molecule has 2 fully saturated rings. The lowest BCUT2D eigenvalue weighted by atomic mass is 9.89. The molecular weight excluding hydrogens is 210 g/mol. The molecule has 1 unspecified atom stereocenters. The highest BCUT2D eigenvalue weighted by atomic mass is 32.2. The molecule has 0 bridgehead atoms. The second kappa shape index (κ2) is 4.79. The summed E-state index contributed by atoms with van der Waals surface area (Å²) in [5.41, 5.74) is 1.17. The Morgan fingerprint density at radius 1 is 1.47 bits per heavy atom. The molecule has 1 aliphatic heterocycles. The van der Waals surface area contributed by atoms with Crippen molar-refractivity contribution in [3.63, 3.8) is 0 Å². The van der Waals surface area contributed by atoms with Gasteiger partial charge in [-0.1, -0.05) is 18.7 Å². The van der Waals surface area contributed by atoms with Crippen molar-refractivity contribution < 1.29 is 4.79 Å². The molecule has 15 heavy (non-hydrogen) atoms. The summed E-state index contributed by atoms with van der Waals surface area (Å²) in [5, 5.41) is 11.6. The van der Waals surface area contributed by atoms with E-state index in [-0.39, 0.29) is 5.91 Å². The smallest absolute Gasteiger partial charge is 0.236 e. The topological polar surface area (TPSA) is 53.8 Å². The van der Waals surface area contributed by atoms with Crippen LogP contribution < -0.4 is 5.32 Å². The number of hydrogen-bond acceptors (Lipinski definition) is 4. The van der Waals surface area contributed by atoms with Gasteiger partial charge in [-0.3, -0.25) is 4.79 Å². The van der Waals surface area contributed by atoms with Gasteiger partial charge in [-0.2, -0.15) is 5.10 Å². The van der Waals surface area contributed by atoms with Crippen molar-refractivity contribution in [3.8, 4) is 0 Å². The number of carbonyl (C=O) groups is 1. The maximum atomic E-state index is 10.9. The molecule has 0 aromatic heterocycles. The van der Waals surface area contributed by atoms with Crippen LogP contribution in [0.2, 0.25) is 0 Å². The van der Waals surface area contributed by atoms with Crippen molar-refractivity contribution in [1.29, 1.82) is 0 Å². The van der Waals surface area contributed by atoms with Crippen LogP contribution in [0.3, 0.4) is 0 Å². The third-order valence-electron chi connectivity index (χ3n) is 2.61. The molecule has 1 heterocycles. The van der Waals surface area contributed by atoms with Crippen LogP contribution in [-0.4, -0.2) is 22.5 Å². The van der Waals surface area contributed by atoms with E-state index in [1.54, 1.807) is 0 Å². The SMILES string of the molecule is CC1CCC/C(=N\N=C2/NC(=O)CS2)C1. The van der Waals surface area contributed by atoms with Gasteiger partial charge in [0.2, 0.25) is 5.91 Å². The average Bonchev–Trinajstić information content (AvgIpc) is 2.62. The predicted molar refractivity (Wildman–Crippen MR) is 63.1 cm³/mol. The molecule has 1 aliphatic carbocycles. The van der Waals surface area contributed by atoms with E-state index in [1.165, 1.54) is 30.3 Å². The average molecular weight is 225 g/mol. The summed E-state index contributed by atoms with van der Waals surface area (Å²) < 4.78 is 0. The van der Waals surface area contributed by atoms with Crippen LogP contribution in [0.15, 0.2) is 10.2 Å². The normalized spacial score (nSPS) is 32.3. The molecule has 5 heteroatoms. The molecule has 82 valence electrons. The lowest BCUT2D eigenvalue weighted by Crippen LogP contribution is -2.20. The van der Waals surface area contributed by atoms with Crippen LogP contribution in [0.5, 0.6) is 0 Å². The van der Waals surface area contributed by atoms with Gasteiger partial charge >= 0.3 is 0 Å². The maximum Gasteiger partial charge on any atom is 0.236 e. The van der Waals surface area contributed by atoms with Crippen LogP contribution in [0, 0.1) is 5.92 Å². The second-order valence-corrected chi connectivity index (χ2v) is 5.07. The van der Waals surface area contributed by atoms with Gasteiger partial charge in [-0.25, -0.2) is 0 Å². The van der Waals surface area contributed by atoms with Crippen LogP contribution in [0.1, 0.15) is 32.6 Å². The first-order chi connectivity index (χ1) is 7.24. The van der Waals surface area contributed by atoms with Crippen molar-refractivity contribution in [3.05, 3.63) is 0 Å². The van der Waals surface area contributed by atoms with Crippen molar-refractivity contribution in [2.24, 2.45) is 16.1 Å². The Labute approximate surface area is 93.6 Å². The zero-order chi connectivity index (χ0) is 10.7. The first-order valence-electron chi connectivity index (χ1n) is 5.30. The van der Waals surface area contributed by atoms with Gasteiger partial charge in [0, 0.05) is 5.71 Å². The fourth-order valence-electron chi connectivity index (χ4n) is 1.85. The summed E-state index contributed by atoms with van der Waals surface area (Å²) in [5.74, 6) is 1.22. The van der Waals surface area contributed by atoms with Gasteiger partial charge in [-0.05, 0) is 31.6 Å². The molecule has 0 aromatic rings. The summed E-state index contributed by atoms with van der Waals surface area (Å²) in [6.07, 6.45) is 4.61. The fraction of sp³-hybridized carbons (Fsp3) is 0.700. The number of nitrogens with zero attached hydrogens (tertiary/aromatic N) is 2. The van der Waals surface area contributed by atoms with E-state index >= 15 is 0 Å². The number of rotatable bonds is 1. The molecule has 1 atom stereocenters. The number of nitrogens with one attached hydrogen (secondary N) is 1. The first kappa shape index (κ1) is 10.7. The first-order valence-corrected chi connectivity index (χ1v) is 6.28. The van der Waals surface area contributed by atoms with E-state index in [4.69, 9.17) is 0 Å². The molecule has 2 aliphatic rings. The molecule has 2 rings (SSSR count). The van der Waals surface area contributed by atoms with E-state index in [0.717, 1.165) is 18.8 Å². The van der Waals surface area contributed by atoms with E-state index in [9.17, 15) is 4.79 Å². The highest BCUT2D eigenvalue weighted by molar-refractivity contribution is 8.15. The van der Waals surface area contributed by atoms with Gasteiger partial charge in [0.25, 0.3) is 0 Å². The summed E-state index contributed by atoms with van der Waals surface area (Å²) in [6.45, 7) is 2.24. The minimum absolute atomic E-state index is 0.0240. The lowest BCUT2D eigenvalue weighted by Gasteiger charge is -2.17. The number of thioether (sulfide) groups is 1. The molecule has 0 radical (unpaired) electrons. The Kier molecular flexibility index (Phi) is 3.41.